The Morgan fingerprint density at radius 2 is 0.903 bits per heavy atom. The zero-order valence-electron chi connectivity index (χ0n) is 16.9. The van der Waals surface area contributed by atoms with Gasteiger partial charge in [0.05, 0.1) is 5.41 Å². The molecule has 0 radical (unpaired) electrons. The first kappa shape index (κ1) is 20.1. The Kier molecular flexibility index (Phi) is 5.67. The molecule has 0 N–H and O–H groups in total. The van der Waals surface area contributed by atoms with Crippen molar-refractivity contribution >= 4 is 37.5 Å². The van der Waals surface area contributed by atoms with Gasteiger partial charge in [-0.1, -0.05) is 143 Å². The summed E-state index contributed by atoms with van der Waals surface area (Å²) in [4.78, 5) is 2.54. The highest BCUT2D eigenvalue weighted by Crippen LogP contribution is 2.51. The van der Waals surface area contributed by atoms with Crippen LogP contribution in [0, 0.1) is 0 Å². The van der Waals surface area contributed by atoms with Crippen LogP contribution in [0.2, 0.25) is 0 Å². The van der Waals surface area contributed by atoms with E-state index in [-0.39, 0.29) is 5.41 Å². The zero-order chi connectivity index (χ0) is 21.1. The van der Waals surface area contributed by atoms with Gasteiger partial charge in [0.15, 0.2) is 0 Å². The molecular formula is C29H21BrS. The van der Waals surface area contributed by atoms with Gasteiger partial charge in [0.25, 0.3) is 0 Å². The third-order valence-corrected chi connectivity index (χ3v) is 7.30. The van der Waals surface area contributed by atoms with Crippen LogP contribution in [0.5, 0.6) is 0 Å². The van der Waals surface area contributed by atoms with Crippen LogP contribution in [0.4, 0.5) is 0 Å². The molecular weight excluding hydrogens is 460 g/mol. The maximum absolute atomic E-state index is 3.61. The van der Waals surface area contributed by atoms with Crippen molar-refractivity contribution in [2.24, 2.45) is 0 Å². The predicted molar refractivity (Wildman–Crippen MR) is 138 cm³/mol. The number of hydrogen-bond acceptors (Lipinski definition) is 1. The van der Waals surface area contributed by atoms with Crippen molar-refractivity contribution < 1.29 is 0 Å². The van der Waals surface area contributed by atoms with Gasteiger partial charge < -0.3 is 0 Å². The molecule has 0 aliphatic carbocycles. The molecule has 1 aliphatic heterocycles. The summed E-state index contributed by atoms with van der Waals surface area (Å²) in [5.41, 5.74) is 4.64. The Hall–Kier alpha value is -2.81. The highest BCUT2D eigenvalue weighted by atomic mass is 79.9. The number of benzene rings is 4. The molecule has 0 nitrogen and oxygen atoms in total. The number of halogens is 1. The highest BCUT2D eigenvalue weighted by molar-refractivity contribution is 9.10. The van der Waals surface area contributed by atoms with Crippen molar-refractivity contribution in [1.29, 1.82) is 0 Å². The second-order valence-electron chi connectivity index (χ2n) is 7.59. The average molecular weight is 481 g/mol. The second-order valence-corrected chi connectivity index (χ2v) is 9.59. The molecule has 4 aromatic rings. The summed E-state index contributed by atoms with van der Waals surface area (Å²) in [7, 11) is 0. The Bertz CT molecular complexity index is 1170. The molecule has 0 atom stereocenters. The standard InChI is InChI=1S/C29H21BrS/c30-26-18-16-25(17-19-26)29(24-14-8-3-9-15-24)20-27(22-10-4-1-5-11-22)31-28(21-29)23-12-6-2-7-13-23/h1-21H. The van der Waals surface area contributed by atoms with Gasteiger partial charge in [0.1, 0.15) is 0 Å². The summed E-state index contributed by atoms with van der Waals surface area (Å²) < 4.78 is 1.09. The van der Waals surface area contributed by atoms with Crippen molar-refractivity contribution in [3.8, 4) is 0 Å². The van der Waals surface area contributed by atoms with Gasteiger partial charge in [-0.3, -0.25) is 0 Å². The van der Waals surface area contributed by atoms with Crippen molar-refractivity contribution in [2.75, 3.05) is 0 Å². The normalized spacial score (nSPS) is 15.1. The maximum Gasteiger partial charge on any atom is 0.0590 e. The number of allylic oxidation sites excluding steroid dienone is 2. The fourth-order valence-electron chi connectivity index (χ4n) is 4.06. The zero-order valence-corrected chi connectivity index (χ0v) is 19.3. The van der Waals surface area contributed by atoms with Gasteiger partial charge >= 0.3 is 0 Å². The lowest BCUT2D eigenvalue weighted by atomic mass is 9.73. The Morgan fingerprint density at radius 1 is 0.484 bits per heavy atom. The molecule has 0 bridgehead atoms. The third-order valence-electron chi connectivity index (χ3n) is 5.63. The summed E-state index contributed by atoms with van der Waals surface area (Å²) in [5.74, 6) is 0. The van der Waals surface area contributed by atoms with Gasteiger partial charge in [-0.25, -0.2) is 0 Å². The van der Waals surface area contributed by atoms with Crippen LogP contribution in [0.1, 0.15) is 22.3 Å². The summed E-state index contributed by atoms with van der Waals surface area (Å²) >= 11 is 5.45. The Morgan fingerprint density at radius 3 is 1.39 bits per heavy atom. The van der Waals surface area contributed by atoms with Crippen molar-refractivity contribution in [1.82, 2.24) is 0 Å². The topological polar surface area (TPSA) is 0 Å². The molecule has 0 saturated carbocycles. The Balaban J connectivity index is 1.80. The van der Waals surface area contributed by atoms with Crippen molar-refractivity contribution in [2.45, 2.75) is 5.41 Å². The molecule has 0 fully saturated rings. The second kappa shape index (κ2) is 8.74. The first-order chi connectivity index (χ1) is 15.2. The molecule has 150 valence electrons. The van der Waals surface area contributed by atoms with Gasteiger partial charge in [-0.2, -0.15) is 0 Å². The summed E-state index contributed by atoms with van der Waals surface area (Å²) in [6.07, 6.45) is 4.86. The van der Waals surface area contributed by atoms with E-state index in [0.29, 0.717) is 0 Å². The van der Waals surface area contributed by atoms with E-state index in [2.05, 4.69) is 143 Å². The van der Waals surface area contributed by atoms with E-state index in [1.807, 2.05) is 11.8 Å². The van der Waals surface area contributed by atoms with Gasteiger partial charge in [-0.05, 0) is 34.4 Å². The third kappa shape index (κ3) is 4.06. The van der Waals surface area contributed by atoms with E-state index in [0.717, 1.165) is 4.47 Å². The lowest BCUT2D eigenvalue weighted by molar-refractivity contribution is 0.820. The average Bonchev–Trinajstić information content (AvgIpc) is 2.86. The quantitative estimate of drug-likeness (QED) is 0.281. The number of rotatable bonds is 4. The molecule has 1 heterocycles. The first-order valence-corrected chi connectivity index (χ1v) is 11.9. The van der Waals surface area contributed by atoms with Gasteiger partial charge in [-0.15, -0.1) is 0 Å². The summed E-state index contributed by atoms with van der Waals surface area (Å²) in [5, 5.41) is 0. The number of hydrogen-bond donors (Lipinski definition) is 0. The maximum atomic E-state index is 3.61. The molecule has 0 spiro atoms. The molecule has 31 heavy (non-hydrogen) atoms. The molecule has 1 aliphatic rings. The van der Waals surface area contributed by atoms with E-state index in [9.17, 15) is 0 Å². The first-order valence-electron chi connectivity index (χ1n) is 10.3. The van der Waals surface area contributed by atoms with E-state index in [1.165, 1.54) is 32.1 Å². The summed E-state index contributed by atoms with van der Waals surface area (Å²) in [6.45, 7) is 0. The highest BCUT2D eigenvalue weighted by Gasteiger charge is 2.35. The van der Waals surface area contributed by atoms with Crippen LogP contribution in [0.15, 0.2) is 132 Å². The molecule has 5 rings (SSSR count). The minimum Gasteiger partial charge on any atom is -0.0894 e. The van der Waals surface area contributed by atoms with E-state index in [4.69, 9.17) is 0 Å². The van der Waals surface area contributed by atoms with E-state index in [1.54, 1.807) is 0 Å². The lowest BCUT2D eigenvalue weighted by Crippen LogP contribution is -2.25. The number of thioether (sulfide) groups is 1. The van der Waals surface area contributed by atoms with Crippen molar-refractivity contribution in [3.05, 3.63) is 154 Å². The minimum atomic E-state index is -0.358. The summed E-state index contributed by atoms with van der Waals surface area (Å²) in [6, 6.07) is 40.9. The monoisotopic (exact) mass is 480 g/mol. The van der Waals surface area contributed by atoms with Crippen molar-refractivity contribution in [3.63, 3.8) is 0 Å². The van der Waals surface area contributed by atoms with Crippen LogP contribution in [-0.4, -0.2) is 0 Å². The predicted octanol–water partition coefficient (Wildman–Crippen LogP) is 8.56. The van der Waals surface area contributed by atoms with E-state index < -0.39 is 0 Å². The molecule has 0 amide bonds. The SMILES string of the molecule is Brc1ccc(C2(c3ccccc3)C=C(c3ccccc3)SC(c3ccccc3)=C2)cc1. The fraction of sp³-hybridized carbons (Fsp3) is 0.0345. The molecule has 2 heteroatoms. The fourth-order valence-corrected chi connectivity index (χ4v) is 5.56. The largest absolute Gasteiger partial charge is 0.0894 e. The molecule has 0 unspecified atom stereocenters. The van der Waals surface area contributed by atoms with Gasteiger partial charge in [0.2, 0.25) is 0 Å². The van der Waals surface area contributed by atoms with Crippen LogP contribution in [-0.2, 0) is 5.41 Å². The molecule has 4 aromatic carbocycles. The van der Waals surface area contributed by atoms with Crippen LogP contribution in [0.25, 0.3) is 9.81 Å². The minimum absolute atomic E-state index is 0.358. The van der Waals surface area contributed by atoms with Crippen LogP contribution >= 0.6 is 27.7 Å². The molecule has 0 aromatic heterocycles. The van der Waals surface area contributed by atoms with E-state index >= 15 is 0 Å². The molecule has 0 saturated heterocycles. The lowest BCUT2D eigenvalue weighted by Gasteiger charge is -2.35. The van der Waals surface area contributed by atoms with Gasteiger partial charge in [0, 0.05) is 14.3 Å². The Labute approximate surface area is 196 Å². The van der Waals surface area contributed by atoms with Crippen LogP contribution < -0.4 is 0 Å². The smallest absolute Gasteiger partial charge is 0.0590 e. The van der Waals surface area contributed by atoms with Crippen LogP contribution in [0.3, 0.4) is 0 Å².